The summed E-state index contributed by atoms with van der Waals surface area (Å²) >= 11 is 6.79. The van der Waals surface area contributed by atoms with Crippen molar-refractivity contribution in [2.45, 2.75) is 11.9 Å². The monoisotopic (exact) mass is 411 g/mol. The zero-order valence-electron chi connectivity index (χ0n) is 11.5. The largest absolute Gasteiger partial charge is 0.496 e. The van der Waals surface area contributed by atoms with Gasteiger partial charge in [0, 0.05) is 16.3 Å². The van der Waals surface area contributed by atoms with E-state index in [1.807, 2.05) is 24.3 Å². The topological polar surface area (TPSA) is 38.3 Å². The first-order valence-corrected chi connectivity index (χ1v) is 8.31. The van der Waals surface area contributed by atoms with Gasteiger partial charge in [0.15, 0.2) is 0 Å². The Morgan fingerprint density at radius 2 is 1.95 bits per heavy atom. The van der Waals surface area contributed by atoms with Gasteiger partial charge in [-0.2, -0.15) is 0 Å². The van der Waals surface area contributed by atoms with Crippen molar-refractivity contribution in [1.82, 2.24) is 5.32 Å². The molecular formula is C16H15Br2NO2. The lowest BCUT2D eigenvalue weighted by atomic mass is 10.1. The number of nitrogens with one attached hydrogen (secondary N) is 1. The first kappa shape index (κ1) is 16.0. The number of hydrogen-bond acceptors (Lipinski definition) is 2. The van der Waals surface area contributed by atoms with Crippen LogP contribution in [0.5, 0.6) is 5.75 Å². The molecule has 0 aliphatic heterocycles. The molecule has 0 unspecified atom stereocenters. The van der Waals surface area contributed by atoms with E-state index < -0.39 is 0 Å². The van der Waals surface area contributed by atoms with E-state index in [1.54, 1.807) is 19.2 Å². The summed E-state index contributed by atoms with van der Waals surface area (Å²) in [6.07, 6.45) is 0. The number of rotatable bonds is 5. The first-order chi connectivity index (χ1) is 10.1. The maximum atomic E-state index is 12.2. The third-order valence-electron chi connectivity index (χ3n) is 3.01. The van der Waals surface area contributed by atoms with Gasteiger partial charge in [-0.1, -0.05) is 56.1 Å². The second kappa shape index (κ2) is 7.61. The summed E-state index contributed by atoms with van der Waals surface area (Å²) in [4.78, 5) is 12.2. The number of amides is 1. The molecule has 0 radical (unpaired) electrons. The fraction of sp³-hybridized carbons (Fsp3) is 0.188. The number of benzene rings is 2. The van der Waals surface area contributed by atoms with E-state index in [2.05, 4.69) is 43.2 Å². The van der Waals surface area contributed by atoms with Gasteiger partial charge < -0.3 is 10.1 Å². The highest BCUT2D eigenvalue weighted by Crippen LogP contribution is 2.23. The lowest BCUT2D eigenvalue weighted by molar-refractivity contribution is 0.0948. The Morgan fingerprint density at radius 3 is 2.67 bits per heavy atom. The van der Waals surface area contributed by atoms with Crippen LogP contribution in [0.15, 0.2) is 46.9 Å². The molecule has 0 saturated heterocycles. The quantitative estimate of drug-likeness (QED) is 0.744. The smallest absolute Gasteiger partial charge is 0.255 e. The first-order valence-electron chi connectivity index (χ1n) is 6.39. The van der Waals surface area contributed by atoms with Crippen LogP contribution in [-0.4, -0.2) is 13.0 Å². The second-order valence-corrected chi connectivity index (χ2v) is 5.96. The van der Waals surface area contributed by atoms with Gasteiger partial charge in [0.2, 0.25) is 0 Å². The van der Waals surface area contributed by atoms with Gasteiger partial charge in [0.05, 0.1) is 12.7 Å². The molecule has 1 N–H and O–H groups in total. The molecule has 1 amide bonds. The van der Waals surface area contributed by atoms with Crippen LogP contribution in [0.25, 0.3) is 0 Å². The number of halogens is 2. The van der Waals surface area contributed by atoms with Crippen LogP contribution in [0.2, 0.25) is 0 Å². The molecule has 0 aliphatic rings. The van der Waals surface area contributed by atoms with E-state index >= 15 is 0 Å². The van der Waals surface area contributed by atoms with Crippen molar-refractivity contribution in [1.29, 1.82) is 0 Å². The van der Waals surface area contributed by atoms with Gasteiger partial charge >= 0.3 is 0 Å². The van der Waals surface area contributed by atoms with Crippen molar-refractivity contribution in [3.63, 3.8) is 0 Å². The van der Waals surface area contributed by atoms with Crippen molar-refractivity contribution in [2.24, 2.45) is 0 Å². The third kappa shape index (κ3) is 4.32. The Hall–Kier alpha value is -1.33. The number of carbonyl (C=O) groups is 1. The summed E-state index contributed by atoms with van der Waals surface area (Å²) < 4.78 is 6.11. The fourth-order valence-corrected chi connectivity index (χ4v) is 2.64. The summed E-state index contributed by atoms with van der Waals surface area (Å²) in [5, 5.41) is 3.71. The average Bonchev–Trinajstić information content (AvgIpc) is 2.52. The summed E-state index contributed by atoms with van der Waals surface area (Å²) in [6, 6.07) is 13.4. The van der Waals surface area contributed by atoms with Crippen LogP contribution in [-0.2, 0) is 11.9 Å². The molecule has 0 aliphatic carbocycles. The standard InChI is InChI=1S/C16H15Br2NO2/c1-21-15-8-13(18)5-6-14(15)16(20)19-10-12-4-2-3-11(7-12)9-17/h2-8H,9-10H2,1H3,(H,19,20). The Bertz CT molecular complexity index is 644. The maximum Gasteiger partial charge on any atom is 0.255 e. The van der Waals surface area contributed by atoms with Gasteiger partial charge in [-0.3, -0.25) is 4.79 Å². The Balaban J connectivity index is 2.08. The van der Waals surface area contributed by atoms with E-state index in [-0.39, 0.29) is 5.91 Å². The third-order valence-corrected chi connectivity index (χ3v) is 4.15. The van der Waals surface area contributed by atoms with E-state index in [4.69, 9.17) is 4.74 Å². The highest BCUT2D eigenvalue weighted by atomic mass is 79.9. The number of ether oxygens (including phenoxy) is 1. The SMILES string of the molecule is COc1cc(Br)ccc1C(=O)NCc1cccc(CBr)c1. The molecule has 0 atom stereocenters. The van der Waals surface area contributed by atoms with Gasteiger partial charge in [-0.05, 0) is 29.3 Å². The summed E-state index contributed by atoms with van der Waals surface area (Å²) in [7, 11) is 1.55. The summed E-state index contributed by atoms with van der Waals surface area (Å²) in [6.45, 7) is 0.485. The average molecular weight is 413 g/mol. The van der Waals surface area contributed by atoms with Crippen LogP contribution >= 0.6 is 31.9 Å². The molecular weight excluding hydrogens is 398 g/mol. The molecule has 0 bridgehead atoms. The number of methoxy groups -OCH3 is 1. The molecule has 5 heteroatoms. The Morgan fingerprint density at radius 1 is 1.19 bits per heavy atom. The maximum absolute atomic E-state index is 12.2. The molecule has 3 nitrogen and oxygen atoms in total. The van der Waals surface area contributed by atoms with Crippen LogP contribution < -0.4 is 10.1 Å². The molecule has 0 fully saturated rings. The lowest BCUT2D eigenvalue weighted by Crippen LogP contribution is -2.23. The van der Waals surface area contributed by atoms with Gasteiger partial charge in [-0.15, -0.1) is 0 Å². The number of alkyl halides is 1. The van der Waals surface area contributed by atoms with Crippen LogP contribution in [0, 0.1) is 0 Å². The molecule has 2 aromatic carbocycles. The summed E-state index contributed by atoms with van der Waals surface area (Å²) in [5.74, 6) is 0.402. The molecule has 0 saturated carbocycles. The molecule has 0 aromatic heterocycles. The minimum absolute atomic E-state index is 0.149. The predicted molar refractivity (Wildman–Crippen MR) is 90.9 cm³/mol. The van der Waals surface area contributed by atoms with Gasteiger partial charge in [0.1, 0.15) is 5.75 Å². The van der Waals surface area contributed by atoms with Gasteiger partial charge in [0.25, 0.3) is 5.91 Å². The molecule has 0 spiro atoms. The Kier molecular flexibility index (Phi) is 5.82. The fourth-order valence-electron chi connectivity index (χ4n) is 1.95. The van der Waals surface area contributed by atoms with Crippen LogP contribution in [0.4, 0.5) is 0 Å². The van der Waals surface area contributed by atoms with E-state index in [1.165, 1.54) is 5.56 Å². The van der Waals surface area contributed by atoms with E-state index in [0.29, 0.717) is 17.9 Å². The minimum Gasteiger partial charge on any atom is -0.496 e. The van der Waals surface area contributed by atoms with E-state index in [0.717, 1.165) is 15.4 Å². The highest BCUT2D eigenvalue weighted by molar-refractivity contribution is 9.10. The van der Waals surface area contributed by atoms with Crippen molar-refractivity contribution in [3.8, 4) is 5.75 Å². The van der Waals surface area contributed by atoms with Gasteiger partial charge in [-0.25, -0.2) is 0 Å². The van der Waals surface area contributed by atoms with Crippen LogP contribution in [0.3, 0.4) is 0 Å². The molecule has 21 heavy (non-hydrogen) atoms. The highest BCUT2D eigenvalue weighted by Gasteiger charge is 2.12. The lowest BCUT2D eigenvalue weighted by Gasteiger charge is -2.10. The normalized spacial score (nSPS) is 10.2. The molecule has 0 heterocycles. The predicted octanol–water partition coefficient (Wildman–Crippen LogP) is 4.28. The zero-order chi connectivity index (χ0) is 15.2. The van der Waals surface area contributed by atoms with E-state index in [9.17, 15) is 4.79 Å². The van der Waals surface area contributed by atoms with Crippen molar-refractivity contribution in [2.75, 3.05) is 7.11 Å². The number of carbonyl (C=O) groups excluding carboxylic acids is 1. The van der Waals surface area contributed by atoms with Crippen LogP contribution in [0.1, 0.15) is 21.5 Å². The summed E-state index contributed by atoms with van der Waals surface area (Å²) in [5.41, 5.74) is 2.77. The molecule has 110 valence electrons. The zero-order valence-corrected chi connectivity index (χ0v) is 14.7. The molecule has 2 aromatic rings. The van der Waals surface area contributed by atoms with Crippen molar-refractivity contribution in [3.05, 3.63) is 63.6 Å². The number of hydrogen-bond donors (Lipinski definition) is 1. The van der Waals surface area contributed by atoms with Crippen molar-refractivity contribution >= 4 is 37.8 Å². The second-order valence-electron chi connectivity index (χ2n) is 4.48. The minimum atomic E-state index is -0.149. The molecule has 2 rings (SSSR count). The van der Waals surface area contributed by atoms with Crippen molar-refractivity contribution < 1.29 is 9.53 Å². The Labute approximate surface area is 141 Å².